The molecule has 0 aromatic rings. The summed E-state index contributed by atoms with van der Waals surface area (Å²) in [6.45, 7) is 4.98. The first-order valence-corrected chi connectivity index (χ1v) is 8.86. The molecule has 0 radical (unpaired) electrons. The van der Waals surface area contributed by atoms with Crippen molar-refractivity contribution in [3.05, 3.63) is 0 Å². The molecule has 0 amide bonds. The Bertz CT molecular complexity index is 307. The van der Waals surface area contributed by atoms with Gasteiger partial charge in [0.1, 0.15) is 0 Å². The molecule has 6 fully saturated rings. The van der Waals surface area contributed by atoms with E-state index in [9.17, 15) is 0 Å². The molecular formula is C16H28N4. The molecule has 112 valence electrons. The minimum atomic E-state index is 0.846. The van der Waals surface area contributed by atoms with Gasteiger partial charge in [-0.2, -0.15) is 0 Å². The smallest absolute Gasteiger partial charge is 0.0537 e. The predicted molar refractivity (Wildman–Crippen MR) is 78.9 cm³/mol. The van der Waals surface area contributed by atoms with Gasteiger partial charge in [0.25, 0.3) is 0 Å². The van der Waals surface area contributed by atoms with Crippen molar-refractivity contribution in [1.82, 2.24) is 19.6 Å². The molecule has 0 N–H and O–H groups in total. The van der Waals surface area contributed by atoms with Crippen LogP contribution in [0.5, 0.6) is 0 Å². The largest absolute Gasteiger partial charge is 0.273 e. The summed E-state index contributed by atoms with van der Waals surface area (Å²) in [7, 11) is 0. The minimum Gasteiger partial charge on any atom is -0.273 e. The summed E-state index contributed by atoms with van der Waals surface area (Å²) in [5.74, 6) is 0. The van der Waals surface area contributed by atoms with Gasteiger partial charge in [0, 0.05) is 24.2 Å². The van der Waals surface area contributed by atoms with E-state index < -0.39 is 0 Å². The normalized spacial score (nSPS) is 57.6. The third kappa shape index (κ3) is 1.75. The van der Waals surface area contributed by atoms with Crippen LogP contribution in [0.3, 0.4) is 0 Å². The second-order valence-corrected chi connectivity index (χ2v) is 7.76. The quantitative estimate of drug-likeness (QED) is 0.667. The van der Waals surface area contributed by atoms with Crippen molar-refractivity contribution in [3.8, 4) is 0 Å². The van der Waals surface area contributed by atoms with Crippen molar-refractivity contribution >= 4 is 0 Å². The van der Waals surface area contributed by atoms with E-state index in [1.165, 1.54) is 78.0 Å². The predicted octanol–water partition coefficient (Wildman–Crippen LogP) is 1.69. The summed E-state index contributed by atoms with van der Waals surface area (Å²) >= 11 is 0. The maximum atomic E-state index is 2.84. The first kappa shape index (κ1) is 12.4. The van der Waals surface area contributed by atoms with Crippen LogP contribution in [0.25, 0.3) is 0 Å². The van der Waals surface area contributed by atoms with Crippen molar-refractivity contribution in [2.45, 2.75) is 75.5 Å². The number of nitrogens with zero attached hydrogens (tertiary/aromatic N) is 4. The Labute approximate surface area is 122 Å². The van der Waals surface area contributed by atoms with Gasteiger partial charge in [0.2, 0.25) is 0 Å². The van der Waals surface area contributed by atoms with Crippen LogP contribution < -0.4 is 0 Å². The van der Waals surface area contributed by atoms with E-state index in [-0.39, 0.29) is 0 Å². The lowest BCUT2D eigenvalue weighted by Crippen LogP contribution is -2.48. The molecule has 4 saturated heterocycles. The Morgan fingerprint density at radius 3 is 0.900 bits per heavy atom. The van der Waals surface area contributed by atoms with Gasteiger partial charge in [-0.1, -0.05) is 25.7 Å². The molecule has 2 saturated carbocycles. The van der Waals surface area contributed by atoms with Gasteiger partial charge in [0.05, 0.1) is 26.7 Å². The standard InChI is InChI=1S/C16H28N4/c1-2-6-14-13(5-1)17-9-19-11-18(14)12-20(10-17)16-8-4-3-7-15(16)19/h13-16H,1-12H2/t13-,14-,15-,16-/m0/s1. The van der Waals surface area contributed by atoms with Gasteiger partial charge in [-0.05, 0) is 25.7 Å². The Hall–Kier alpha value is -0.160. The van der Waals surface area contributed by atoms with Crippen molar-refractivity contribution in [1.29, 1.82) is 0 Å². The van der Waals surface area contributed by atoms with Crippen LogP contribution in [0.2, 0.25) is 0 Å². The topological polar surface area (TPSA) is 13.0 Å². The highest BCUT2D eigenvalue weighted by Gasteiger charge is 2.49. The molecule has 20 heavy (non-hydrogen) atoms. The van der Waals surface area contributed by atoms with Crippen molar-refractivity contribution in [2.75, 3.05) is 26.7 Å². The van der Waals surface area contributed by atoms with E-state index in [4.69, 9.17) is 0 Å². The van der Waals surface area contributed by atoms with Gasteiger partial charge in [-0.15, -0.1) is 0 Å². The molecule has 2 aliphatic carbocycles. The number of hydrogen-bond acceptors (Lipinski definition) is 4. The molecule has 0 aromatic heterocycles. The van der Waals surface area contributed by atoms with Gasteiger partial charge in [-0.25, -0.2) is 0 Å². The van der Waals surface area contributed by atoms with E-state index in [1.54, 1.807) is 0 Å². The molecule has 4 aliphatic heterocycles. The van der Waals surface area contributed by atoms with Crippen molar-refractivity contribution in [2.24, 2.45) is 0 Å². The summed E-state index contributed by atoms with van der Waals surface area (Å²) < 4.78 is 0. The van der Waals surface area contributed by atoms with Crippen molar-refractivity contribution < 1.29 is 0 Å². The van der Waals surface area contributed by atoms with Crippen molar-refractivity contribution in [3.63, 3.8) is 0 Å². The monoisotopic (exact) mass is 276 g/mol. The van der Waals surface area contributed by atoms with E-state index in [0.717, 1.165) is 24.2 Å². The fourth-order valence-electron chi connectivity index (χ4n) is 5.84. The first-order chi connectivity index (χ1) is 9.90. The average molecular weight is 276 g/mol. The van der Waals surface area contributed by atoms with Crippen LogP contribution in [0.15, 0.2) is 0 Å². The molecule has 0 spiro atoms. The maximum Gasteiger partial charge on any atom is 0.0537 e. The number of hydrogen-bond donors (Lipinski definition) is 0. The van der Waals surface area contributed by atoms with Crippen LogP contribution in [0, 0.1) is 0 Å². The zero-order chi connectivity index (χ0) is 13.1. The summed E-state index contributed by atoms with van der Waals surface area (Å²) in [6.07, 6.45) is 11.6. The van der Waals surface area contributed by atoms with E-state index >= 15 is 0 Å². The fourth-order valence-corrected chi connectivity index (χ4v) is 5.84. The summed E-state index contributed by atoms with van der Waals surface area (Å²) in [5.41, 5.74) is 0. The number of rotatable bonds is 0. The Morgan fingerprint density at radius 2 is 0.650 bits per heavy atom. The molecule has 4 atom stereocenters. The van der Waals surface area contributed by atoms with Crippen LogP contribution in [-0.2, 0) is 0 Å². The maximum absolute atomic E-state index is 2.84. The summed E-state index contributed by atoms with van der Waals surface area (Å²) in [5, 5.41) is 0. The lowest BCUT2D eigenvalue weighted by atomic mass is 9.89. The van der Waals surface area contributed by atoms with Crippen LogP contribution in [-0.4, -0.2) is 70.4 Å². The lowest BCUT2D eigenvalue weighted by Gasteiger charge is -2.38. The highest BCUT2D eigenvalue weighted by Crippen LogP contribution is 2.39. The second-order valence-electron chi connectivity index (χ2n) is 7.76. The zero-order valence-corrected chi connectivity index (χ0v) is 12.6. The van der Waals surface area contributed by atoms with E-state index in [1.807, 2.05) is 0 Å². The molecule has 6 aliphatic rings. The fraction of sp³-hybridized carbons (Fsp3) is 1.00. The minimum absolute atomic E-state index is 0.846. The van der Waals surface area contributed by atoms with E-state index in [2.05, 4.69) is 19.6 Å². The molecule has 4 heterocycles. The Balaban J connectivity index is 1.54. The highest BCUT2D eigenvalue weighted by molar-refractivity contribution is 5.02. The lowest BCUT2D eigenvalue weighted by molar-refractivity contribution is 0.0502. The molecule has 4 heteroatoms. The molecular weight excluding hydrogens is 248 g/mol. The molecule has 6 rings (SSSR count). The van der Waals surface area contributed by atoms with Gasteiger partial charge in [-0.3, -0.25) is 19.6 Å². The average Bonchev–Trinajstić information content (AvgIpc) is 2.86. The van der Waals surface area contributed by atoms with Gasteiger partial charge >= 0.3 is 0 Å². The van der Waals surface area contributed by atoms with Crippen LogP contribution in [0.1, 0.15) is 51.4 Å². The third-order valence-electron chi connectivity index (χ3n) is 6.72. The Morgan fingerprint density at radius 1 is 0.400 bits per heavy atom. The molecule has 4 bridgehead atoms. The first-order valence-electron chi connectivity index (χ1n) is 8.86. The highest BCUT2D eigenvalue weighted by atomic mass is 15.6. The van der Waals surface area contributed by atoms with Crippen LogP contribution >= 0.6 is 0 Å². The van der Waals surface area contributed by atoms with Gasteiger partial charge < -0.3 is 0 Å². The summed E-state index contributed by atoms with van der Waals surface area (Å²) in [6, 6.07) is 3.38. The van der Waals surface area contributed by atoms with E-state index in [0.29, 0.717) is 0 Å². The Kier molecular flexibility index (Phi) is 2.89. The zero-order valence-electron chi connectivity index (χ0n) is 12.6. The third-order valence-corrected chi connectivity index (χ3v) is 6.72. The van der Waals surface area contributed by atoms with Crippen LogP contribution in [0.4, 0.5) is 0 Å². The molecule has 0 aromatic carbocycles. The van der Waals surface area contributed by atoms with Gasteiger partial charge in [0.15, 0.2) is 0 Å². The second kappa shape index (κ2) is 4.67. The summed E-state index contributed by atoms with van der Waals surface area (Å²) in [4.78, 5) is 11.4. The molecule has 4 nitrogen and oxygen atoms in total. The SMILES string of the molecule is C1CC[C@H]2[C@H](C1)N1CN3CN2CN(C1)[C@H]1CCCC[C@@H]13. The molecule has 0 unspecified atom stereocenters.